The Hall–Kier alpha value is -5.47. The number of amides is 1. The van der Waals surface area contributed by atoms with Crippen molar-refractivity contribution in [3.05, 3.63) is 148 Å². The van der Waals surface area contributed by atoms with Crippen LogP contribution in [-0.2, 0) is 6.42 Å². The van der Waals surface area contributed by atoms with Crippen molar-refractivity contribution in [1.82, 2.24) is 19.5 Å². The highest BCUT2D eigenvalue weighted by molar-refractivity contribution is 7.20. The van der Waals surface area contributed by atoms with Gasteiger partial charge >= 0.3 is 0 Å². The molecule has 0 fully saturated rings. The van der Waals surface area contributed by atoms with Gasteiger partial charge in [0.1, 0.15) is 11.2 Å². The van der Waals surface area contributed by atoms with Gasteiger partial charge in [-0.2, -0.15) is 0 Å². The number of hydrogen-bond acceptors (Lipinski definition) is 6. The third-order valence-corrected chi connectivity index (χ3v) is 8.10. The highest BCUT2D eigenvalue weighted by Crippen LogP contribution is 2.28. The minimum Gasteiger partial charge on any atom is -0.321 e. The molecule has 7 rings (SSSR count). The Morgan fingerprint density at radius 2 is 1.67 bits per heavy atom. The fourth-order valence-corrected chi connectivity index (χ4v) is 5.96. The van der Waals surface area contributed by atoms with E-state index in [1.807, 2.05) is 103 Å². The largest absolute Gasteiger partial charge is 0.321 e. The summed E-state index contributed by atoms with van der Waals surface area (Å²) in [6.45, 7) is 0. The lowest BCUT2D eigenvalue weighted by atomic mass is 10.0. The number of anilines is 1. The summed E-state index contributed by atoms with van der Waals surface area (Å²) in [4.78, 5) is 40.8. The van der Waals surface area contributed by atoms with Crippen LogP contribution in [0.15, 0.2) is 127 Å². The van der Waals surface area contributed by atoms with Gasteiger partial charge in [0.15, 0.2) is 5.65 Å². The Morgan fingerprint density at radius 1 is 0.833 bits per heavy atom. The molecule has 202 valence electrons. The van der Waals surface area contributed by atoms with Crippen LogP contribution in [0.2, 0.25) is 0 Å². The third-order valence-electron chi connectivity index (χ3n) is 6.99. The summed E-state index contributed by atoms with van der Waals surface area (Å²) in [5, 5.41) is 4.08. The van der Waals surface area contributed by atoms with E-state index in [1.165, 1.54) is 11.3 Å². The molecule has 0 aliphatic carbocycles. The van der Waals surface area contributed by atoms with Crippen molar-refractivity contribution < 1.29 is 4.79 Å². The van der Waals surface area contributed by atoms with Crippen LogP contribution in [0, 0.1) is 0 Å². The van der Waals surface area contributed by atoms with Gasteiger partial charge in [0.05, 0.1) is 10.6 Å². The van der Waals surface area contributed by atoms with Crippen LogP contribution in [0.25, 0.3) is 38.1 Å². The third kappa shape index (κ3) is 4.95. The number of nitrogens with one attached hydrogen (secondary N) is 1. The van der Waals surface area contributed by atoms with Crippen molar-refractivity contribution >= 4 is 44.2 Å². The molecule has 0 aliphatic heterocycles. The number of hydrogen-bond donors (Lipinski definition) is 1. The Labute approximate surface area is 244 Å². The van der Waals surface area contributed by atoms with E-state index in [4.69, 9.17) is 0 Å². The lowest BCUT2D eigenvalue weighted by Crippen LogP contribution is -2.25. The Bertz CT molecular complexity index is 2120. The van der Waals surface area contributed by atoms with Gasteiger partial charge in [0, 0.05) is 35.4 Å². The molecule has 3 aromatic carbocycles. The molecule has 0 spiro atoms. The van der Waals surface area contributed by atoms with Gasteiger partial charge in [-0.25, -0.2) is 9.97 Å². The summed E-state index contributed by atoms with van der Waals surface area (Å²) in [6.07, 6.45) is 5.47. The Kier molecular flexibility index (Phi) is 6.58. The first-order chi connectivity index (χ1) is 20.6. The number of carbonyl (C=O) groups excluding carboxylic acids is 1. The van der Waals surface area contributed by atoms with Crippen LogP contribution in [0.3, 0.4) is 0 Å². The molecule has 0 aliphatic rings. The Morgan fingerprint density at radius 3 is 2.52 bits per heavy atom. The van der Waals surface area contributed by atoms with E-state index >= 15 is 0 Å². The molecule has 0 bridgehead atoms. The van der Waals surface area contributed by atoms with Gasteiger partial charge < -0.3 is 5.32 Å². The standard InChI is InChI=1S/C34H23N5O2S/c40-33(31-20-25-8-1-2-14-30(25)42-31)37-26-11-3-9-23(18-26)24-10-4-12-27(19-24)39-32-28(13-6-16-36-32)38-29(34(39)41)17-22-7-5-15-35-21-22/h1-16,18-21H,17H2,(H,37,40). The first-order valence-electron chi connectivity index (χ1n) is 13.4. The van der Waals surface area contributed by atoms with Gasteiger partial charge in [0.25, 0.3) is 11.5 Å². The van der Waals surface area contributed by atoms with E-state index in [9.17, 15) is 9.59 Å². The highest BCUT2D eigenvalue weighted by atomic mass is 32.1. The number of pyridine rings is 2. The molecule has 1 amide bonds. The quantitative estimate of drug-likeness (QED) is 0.237. The number of nitrogens with zero attached hydrogens (tertiary/aromatic N) is 4. The van der Waals surface area contributed by atoms with E-state index in [1.54, 1.807) is 23.2 Å². The molecule has 42 heavy (non-hydrogen) atoms. The summed E-state index contributed by atoms with van der Waals surface area (Å²) in [5.41, 5.74) is 5.37. The second-order valence-corrected chi connectivity index (χ2v) is 10.9. The highest BCUT2D eigenvalue weighted by Gasteiger charge is 2.15. The molecule has 4 aromatic heterocycles. The fourth-order valence-electron chi connectivity index (χ4n) is 5.00. The zero-order chi connectivity index (χ0) is 28.5. The monoisotopic (exact) mass is 565 g/mol. The van der Waals surface area contributed by atoms with Crippen molar-refractivity contribution in [1.29, 1.82) is 0 Å². The van der Waals surface area contributed by atoms with E-state index in [-0.39, 0.29) is 11.5 Å². The average Bonchev–Trinajstić information content (AvgIpc) is 3.47. The molecule has 0 atom stereocenters. The summed E-state index contributed by atoms with van der Waals surface area (Å²) in [6, 6.07) is 32.7. The van der Waals surface area contributed by atoms with Crippen LogP contribution >= 0.6 is 11.3 Å². The van der Waals surface area contributed by atoms with Crippen molar-refractivity contribution in [2.24, 2.45) is 0 Å². The van der Waals surface area contributed by atoms with Crippen LogP contribution in [0.1, 0.15) is 20.9 Å². The molecule has 0 unspecified atom stereocenters. The fraction of sp³-hybridized carbons (Fsp3) is 0.0294. The van der Waals surface area contributed by atoms with Crippen LogP contribution < -0.4 is 10.9 Å². The lowest BCUT2D eigenvalue weighted by molar-refractivity contribution is 0.103. The molecule has 0 radical (unpaired) electrons. The molecule has 0 saturated heterocycles. The molecule has 7 aromatic rings. The van der Waals surface area contributed by atoms with E-state index in [0.29, 0.717) is 39.5 Å². The summed E-state index contributed by atoms with van der Waals surface area (Å²) >= 11 is 1.47. The smallest absolute Gasteiger partial charge is 0.278 e. The second kappa shape index (κ2) is 10.8. The number of aromatic nitrogens is 4. The number of carbonyl (C=O) groups is 1. The maximum absolute atomic E-state index is 13.8. The summed E-state index contributed by atoms with van der Waals surface area (Å²) in [5.74, 6) is -0.149. The van der Waals surface area contributed by atoms with E-state index in [0.717, 1.165) is 26.8 Å². The first kappa shape index (κ1) is 25.5. The zero-order valence-electron chi connectivity index (χ0n) is 22.3. The number of thiophene rings is 1. The van der Waals surface area contributed by atoms with Gasteiger partial charge in [-0.3, -0.25) is 19.1 Å². The zero-order valence-corrected chi connectivity index (χ0v) is 23.1. The maximum Gasteiger partial charge on any atom is 0.278 e. The Balaban J connectivity index is 1.24. The SMILES string of the molecule is O=C(Nc1cccc(-c2cccc(-n3c(=O)c(Cc4cccnc4)nc4cccnc43)c2)c1)c1cc2ccccc2s1. The average molecular weight is 566 g/mol. The lowest BCUT2D eigenvalue weighted by Gasteiger charge is -2.13. The molecule has 1 N–H and O–H groups in total. The normalized spacial score (nSPS) is 11.1. The number of rotatable bonds is 6. The van der Waals surface area contributed by atoms with Gasteiger partial charge in [0.2, 0.25) is 0 Å². The van der Waals surface area contributed by atoms with E-state index in [2.05, 4.69) is 20.3 Å². The molecule has 8 heteroatoms. The molecule has 0 saturated carbocycles. The summed E-state index contributed by atoms with van der Waals surface area (Å²) < 4.78 is 2.69. The van der Waals surface area contributed by atoms with Crippen LogP contribution in [0.4, 0.5) is 5.69 Å². The van der Waals surface area contributed by atoms with Gasteiger partial charge in [-0.05, 0) is 76.7 Å². The number of benzene rings is 3. The van der Waals surface area contributed by atoms with Gasteiger partial charge in [-0.15, -0.1) is 11.3 Å². The number of fused-ring (bicyclic) bond motifs is 2. The molecule has 4 heterocycles. The van der Waals surface area contributed by atoms with Crippen LogP contribution in [0.5, 0.6) is 0 Å². The minimum absolute atomic E-state index is 0.149. The van der Waals surface area contributed by atoms with Gasteiger partial charge in [-0.1, -0.05) is 48.5 Å². The van der Waals surface area contributed by atoms with E-state index < -0.39 is 0 Å². The van der Waals surface area contributed by atoms with Crippen molar-refractivity contribution in [2.45, 2.75) is 6.42 Å². The van der Waals surface area contributed by atoms with Crippen molar-refractivity contribution in [2.75, 3.05) is 5.32 Å². The summed E-state index contributed by atoms with van der Waals surface area (Å²) in [7, 11) is 0. The predicted molar refractivity (Wildman–Crippen MR) is 167 cm³/mol. The first-order valence-corrected chi connectivity index (χ1v) is 14.2. The van der Waals surface area contributed by atoms with Crippen LogP contribution in [-0.4, -0.2) is 25.4 Å². The second-order valence-electron chi connectivity index (χ2n) is 9.82. The topological polar surface area (TPSA) is 89.8 Å². The molecular formula is C34H23N5O2S. The minimum atomic E-state index is -0.230. The van der Waals surface area contributed by atoms with Crippen molar-refractivity contribution in [3.63, 3.8) is 0 Å². The molecule has 7 nitrogen and oxygen atoms in total. The predicted octanol–water partition coefficient (Wildman–Crippen LogP) is 6.90. The van der Waals surface area contributed by atoms with Crippen molar-refractivity contribution in [3.8, 4) is 16.8 Å². The molecular weight excluding hydrogens is 542 g/mol. The maximum atomic E-state index is 13.8.